The number of nitriles is 1. The smallest absolute Gasteiger partial charge is 0.145 e. The summed E-state index contributed by atoms with van der Waals surface area (Å²) in [7, 11) is 0. The zero-order valence-electron chi connectivity index (χ0n) is 11.7. The Morgan fingerprint density at radius 1 is 1.05 bits per heavy atom. The molecule has 2 aromatic carbocycles. The number of para-hydroxylation sites is 1. The van der Waals surface area contributed by atoms with E-state index < -0.39 is 0 Å². The van der Waals surface area contributed by atoms with Crippen LogP contribution in [-0.2, 0) is 0 Å². The number of nitrogens with one attached hydrogen (secondary N) is 1. The highest BCUT2D eigenvalue weighted by Crippen LogP contribution is 2.24. The third-order valence-corrected chi connectivity index (χ3v) is 3.50. The van der Waals surface area contributed by atoms with Crippen LogP contribution in [0, 0.1) is 11.3 Å². The topological polar surface area (TPSA) is 48.7 Å². The number of fused-ring (bicyclic) bond motifs is 1. The Balaban J connectivity index is 1.98. The number of nitrogens with zero attached hydrogens (tertiary/aromatic N) is 2. The quantitative estimate of drug-likeness (QED) is 0.774. The Morgan fingerprint density at radius 3 is 2.52 bits per heavy atom. The number of hydrogen-bond donors (Lipinski definition) is 1. The first-order valence-corrected chi connectivity index (χ1v) is 6.89. The summed E-state index contributed by atoms with van der Waals surface area (Å²) in [5.74, 6) is 0.632. The normalized spacial score (nSPS) is 11.8. The fourth-order valence-corrected chi connectivity index (χ4v) is 2.34. The van der Waals surface area contributed by atoms with E-state index in [4.69, 9.17) is 0 Å². The van der Waals surface area contributed by atoms with Gasteiger partial charge in [0, 0.05) is 11.4 Å². The lowest BCUT2D eigenvalue weighted by atomic mass is 10.1. The molecule has 0 fully saturated rings. The molecule has 3 aromatic rings. The van der Waals surface area contributed by atoms with Crippen LogP contribution in [0.4, 0.5) is 5.82 Å². The van der Waals surface area contributed by atoms with E-state index in [2.05, 4.69) is 35.4 Å². The van der Waals surface area contributed by atoms with Gasteiger partial charge in [-0.25, -0.2) is 4.98 Å². The molecule has 1 heterocycles. The summed E-state index contributed by atoms with van der Waals surface area (Å²) < 4.78 is 0. The van der Waals surface area contributed by atoms with Gasteiger partial charge in [-0.1, -0.05) is 48.5 Å². The van der Waals surface area contributed by atoms with Crippen molar-refractivity contribution in [2.24, 2.45) is 0 Å². The van der Waals surface area contributed by atoms with Gasteiger partial charge >= 0.3 is 0 Å². The molecule has 0 aliphatic carbocycles. The zero-order valence-corrected chi connectivity index (χ0v) is 11.7. The Bertz CT molecular complexity index is 804. The first-order chi connectivity index (χ1) is 10.3. The molecule has 1 aromatic heterocycles. The number of pyridine rings is 1. The van der Waals surface area contributed by atoms with Crippen LogP contribution >= 0.6 is 0 Å². The molecule has 3 rings (SSSR count). The average molecular weight is 273 g/mol. The molecule has 1 N–H and O–H groups in total. The van der Waals surface area contributed by atoms with Crippen molar-refractivity contribution in [1.82, 2.24) is 4.98 Å². The minimum Gasteiger partial charge on any atom is -0.362 e. The largest absolute Gasteiger partial charge is 0.362 e. The average Bonchev–Trinajstić information content (AvgIpc) is 2.55. The van der Waals surface area contributed by atoms with Crippen molar-refractivity contribution in [3.05, 3.63) is 71.8 Å². The molecule has 0 radical (unpaired) electrons. The summed E-state index contributed by atoms with van der Waals surface area (Å²) in [6.45, 7) is 2.06. The van der Waals surface area contributed by atoms with Gasteiger partial charge in [-0.05, 0) is 24.6 Å². The fourth-order valence-electron chi connectivity index (χ4n) is 2.34. The Hall–Kier alpha value is -2.86. The first-order valence-electron chi connectivity index (χ1n) is 6.89. The maximum absolute atomic E-state index is 9.33. The molecule has 0 spiro atoms. The van der Waals surface area contributed by atoms with Gasteiger partial charge in [0.1, 0.15) is 11.9 Å². The predicted molar refractivity (Wildman–Crippen MR) is 84.9 cm³/mol. The van der Waals surface area contributed by atoms with Gasteiger partial charge in [-0.2, -0.15) is 5.26 Å². The van der Waals surface area contributed by atoms with Crippen molar-refractivity contribution in [2.75, 3.05) is 5.32 Å². The molecule has 0 aliphatic heterocycles. The van der Waals surface area contributed by atoms with Gasteiger partial charge in [0.15, 0.2) is 0 Å². The Morgan fingerprint density at radius 2 is 1.76 bits per heavy atom. The van der Waals surface area contributed by atoms with Crippen LogP contribution in [0.1, 0.15) is 24.1 Å². The molecule has 1 atom stereocenters. The third kappa shape index (κ3) is 2.70. The van der Waals surface area contributed by atoms with Crippen molar-refractivity contribution in [3.8, 4) is 6.07 Å². The van der Waals surface area contributed by atoms with Crippen LogP contribution in [-0.4, -0.2) is 4.98 Å². The lowest BCUT2D eigenvalue weighted by molar-refractivity contribution is 0.875. The van der Waals surface area contributed by atoms with Crippen LogP contribution in [0.2, 0.25) is 0 Å². The molecule has 102 valence electrons. The van der Waals surface area contributed by atoms with Gasteiger partial charge in [-0.3, -0.25) is 0 Å². The molecule has 0 saturated carbocycles. The van der Waals surface area contributed by atoms with Gasteiger partial charge in [0.25, 0.3) is 0 Å². The van der Waals surface area contributed by atoms with E-state index in [9.17, 15) is 5.26 Å². The van der Waals surface area contributed by atoms with Gasteiger partial charge < -0.3 is 5.32 Å². The van der Waals surface area contributed by atoms with Crippen molar-refractivity contribution >= 4 is 16.7 Å². The monoisotopic (exact) mass is 273 g/mol. The lowest BCUT2D eigenvalue weighted by Gasteiger charge is -2.16. The number of benzene rings is 2. The molecule has 0 amide bonds. The molecule has 0 aliphatic rings. The highest BCUT2D eigenvalue weighted by molar-refractivity contribution is 5.82. The van der Waals surface area contributed by atoms with Crippen LogP contribution in [0.15, 0.2) is 60.7 Å². The molecule has 3 heteroatoms. The van der Waals surface area contributed by atoms with Gasteiger partial charge in [0.2, 0.25) is 0 Å². The second-order valence-corrected chi connectivity index (χ2v) is 4.97. The van der Waals surface area contributed by atoms with Crippen molar-refractivity contribution in [1.29, 1.82) is 5.26 Å². The number of rotatable bonds is 3. The Labute approximate surface area is 123 Å². The molecule has 3 nitrogen and oxygen atoms in total. The van der Waals surface area contributed by atoms with E-state index in [1.807, 2.05) is 48.5 Å². The third-order valence-electron chi connectivity index (χ3n) is 3.50. The molecular formula is C18H15N3. The van der Waals surface area contributed by atoms with E-state index in [0.717, 1.165) is 16.5 Å². The zero-order chi connectivity index (χ0) is 14.7. The minimum absolute atomic E-state index is 0.0898. The molecule has 1 unspecified atom stereocenters. The lowest BCUT2D eigenvalue weighted by Crippen LogP contribution is -2.09. The maximum Gasteiger partial charge on any atom is 0.145 e. The van der Waals surface area contributed by atoms with E-state index >= 15 is 0 Å². The summed E-state index contributed by atoms with van der Waals surface area (Å²) in [5, 5.41) is 13.6. The van der Waals surface area contributed by atoms with Crippen LogP contribution in [0.25, 0.3) is 10.9 Å². The van der Waals surface area contributed by atoms with E-state index in [1.54, 1.807) is 0 Å². The van der Waals surface area contributed by atoms with Gasteiger partial charge in [-0.15, -0.1) is 0 Å². The second kappa shape index (κ2) is 5.64. The summed E-state index contributed by atoms with van der Waals surface area (Å²) in [6, 6.07) is 22.1. The summed E-state index contributed by atoms with van der Waals surface area (Å²) in [6.07, 6.45) is 0. The SMILES string of the molecule is CC(Nc1nc2ccccc2cc1C#N)c1ccccc1. The van der Waals surface area contributed by atoms with Gasteiger partial charge in [0.05, 0.1) is 11.1 Å². The first kappa shape index (κ1) is 13.1. The highest BCUT2D eigenvalue weighted by Gasteiger charge is 2.10. The van der Waals surface area contributed by atoms with Crippen molar-refractivity contribution in [3.63, 3.8) is 0 Å². The van der Waals surface area contributed by atoms with E-state index in [1.165, 1.54) is 0 Å². The Kier molecular flexibility index (Phi) is 3.53. The molecular weight excluding hydrogens is 258 g/mol. The summed E-state index contributed by atoms with van der Waals surface area (Å²) >= 11 is 0. The van der Waals surface area contributed by atoms with Crippen molar-refractivity contribution in [2.45, 2.75) is 13.0 Å². The van der Waals surface area contributed by atoms with E-state index in [0.29, 0.717) is 11.4 Å². The number of anilines is 1. The maximum atomic E-state index is 9.33. The van der Waals surface area contributed by atoms with Crippen LogP contribution < -0.4 is 5.32 Å². The summed E-state index contributed by atoms with van der Waals surface area (Å²) in [5.41, 5.74) is 2.62. The second-order valence-electron chi connectivity index (χ2n) is 4.97. The minimum atomic E-state index is 0.0898. The van der Waals surface area contributed by atoms with Crippen molar-refractivity contribution < 1.29 is 0 Å². The predicted octanol–water partition coefficient (Wildman–Crippen LogP) is 4.28. The standard InChI is InChI=1S/C18H15N3/c1-13(14-7-3-2-4-8-14)20-18-16(12-19)11-15-9-5-6-10-17(15)21-18/h2-11,13H,1H3,(H,20,21). The highest BCUT2D eigenvalue weighted by atomic mass is 15.0. The molecule has 0 bridgehead atoms. The number of hydrogen-bond acceptors (Lipinski definition) is 3. The summed E-state index contributed by atoms with van der Waals surface area (Å²) in [4.78, 5) is 4.58. The number of aromatic nitrogens is 1. The van der Waals surface area contributed by atoms with Crippen LogP contribution in [0.3, 0.4) is 0 Å². The molecule has 0 saturated heterocycles. The molecule has 21 heavy (non-hydrogen) atoms. The van der Waals surface area contributed by atoms with E-state index in [-0.39, 0.29) is 6.04 Å². The fraction of sp³-hybridized carbons (Fsp3) is 0.111. The van der Waals surface area contributed by atoms with Crippen LogP contribution in [0.5, 0.6) is 0 Å².